The monoisotopic (exact) mass is 322 g/mol. The van der Waals surface area contributed by atoms with E-state index in [0.29, 0.717) is 16.9 Å². The van der Waals surface area contributed by atoms with E-state index >= 15 is 0 Å². The van der Waals surface area contributed by atoms with Crippen LogP contribution in [-0.4, -0.2) is 11.8 Å². The van der Waals surface area contributed by atoms with Crippen molar-refractivity contribution >= 4 is 11.8 Å². The molecule has 0 saturated carbocycles. The van der Waals surface area contributed by atoms with Gasteiger partial charge in [-0.1, -0.05) is 38.5 Å². The molecule has 0 amide bonds. The largest absolute Gasteiger partial charge is 0.423 e. The van der Waals surface area contributed by atoms with E-state index in [1.54, 1.807) is 36.4 Å². The maximum atomic E-state index is 12.2. The minimum absolute atomic E-state index is 0.161. The third-order valence-electron chi connectivity index (χ3n) is 3.79. The molecule has 0 heterocycles. The van der Waals surface area contributed by atoms with Crippen molar-refractivity contribution in [1.82, 2.24) is 0 Å². The Morgan fingerprint density at radius 3 is 2.17 bits per heavy atom. The Balaban J connectivity index is 1.96. The molecule has 2 aromatic rings. The topological polar surface area (TPSA) is 43.4 Å². The van der Waals surface area contributed by atoms with Crippen LogP contribution in [0.5, 0.6) is 5.75 Å². The summed E-state index contributed by atoms with van der Waals surface area (Å²) in [5.41, 5.74) is 2.26. The van der Waals surface area contributed by atoms with Gasteiger partial charge in [0.2, 0.25) is 0 Å². The predicted octanol–water partition coefficient (Wildman–Crippen LogP) is 5.01. The van der Waals surface area contributed by atoms with E-state index in [0.717, 1.165) is 12.8 Å². The molecule has 0 bridgehead atoms. The van der Waals surface area contributed by atoms with Crippen LogP contribution in [0.15, 0.2) is 61.2 Å². The zero-order valence-electron chi connectivity index (χ0n) is 14.0. The summed E-state index contributed by atoms with van der Waals surface area (Å²) in [6.45, 7) is 5.62. The van der Waals surface area contributed by atoms with Gasteiger partial charge in [0.05, 0.1) is 5.56 Å². The highest BCUT2D eigenvalue weighted by molar-refractivity contribution is 6.04. The highest BCUT2D eigenvalue weighted by Crippen LogP contribution is 2.16. The standard InChI is InChI=1S/C21H22O3/c1-3-5-6-7-16-8-10-18(11-9-16)21(23)24-19-14-12-17(13-15-19)20(22)4-2/h4,8-15H,2-3,5-7H2,1H3. The van der Waals surface area contributed by atoms with E-state index in [4.69, 9.17) is 4.74 Å². The van der Waals surface area contributed by atoms with Gasteiger partial charge in [0, 0.05) is 5.56 Å². The van der Waals surface area contributed by atoms with Gasteiger partial charge in [-0.15, -0.1) is 0 Å². The van der Waals surface area contributed by atoms with Gasteiger partial charge in [0.15, 0.2) is 5.78 Å². The summed E-state index contributed by atoms with van der Waals surface area (Å²) in [7, 11) is 0. The molecule has 3 heteroatoms. The van der Waals surface area contributed by atoms with Crippen molar-refractivity contribution in [2.75, 3.05) is 0 Å². The van der Waals surface area contributed by atoms with Gasteiger partial charge >= 0.3 is 5.97 Å². The average molecular weight is 322 g/mol. The van der Waals surface area contributed by atoms with E-state index in [1.165, 1.54) is 24.5 Å². The van der Waals surface area contributed by atoms with Crippen LogP contribution in [0.4, 0.5) is 0 Å². The average Bonchev–Trinajstić information content (AvgIpc) is 2.62. The van der Waals surface area contributed by atoms with Gasteiger partial charge < -0.3 is 4.74 Å². The maximum absolute atomic E-state index is 12.2. The molecular weight excluding hydrogens is 300 g/mol. The van der Waals surface area contributed by atoms with Crippen LogP contribution in [0, 0.1) is 0 Å². The van der Waals surface area contributed by atoms with Crippen molar-refractivity contribution in [2.45, 2.75) is 32.6 Å². The van der Waals surface area contributed by atoms with E-state index in [2.05, 4.69) is 13.5 Å². The van der Waals surface area contributed by atoms with Gasteiger partial charge in [-0.2, -0.15) is 0 Å². The fourth-order valence-electron chi connectivity index (χ4n) is 2.36. The molecule has 3 nitrogen and oxygen atoms in total. The smallest absolute Gasteiger partial charge is 0.343 e. The lowest BCUT2D eigenvalue weighted by Gasteiger charge is -2.06. The second-order valence-electron chi connectivity index (χ2n) is 5.64. The Kier molecular flexibility index (Phi) is 6.50. The predicted molar refractivity (Wildman–Crippen MR) is 95.6 cm³/mol. The molecular formula is C21H22O3. The molecule has 24 heavy (non-hydrogen) atoms. The SMILES string of the molecule is C=CC(=O)c1ccc(OC(=O)c2ccc(CCCCC)cc2)cc1. The molecule has 2 rings (SSSR count). The van der Waals surface area contributed by atoms with Crippen molar-refractivity contribution in [1.29, 1.82) is 0 Å². The first-order valence-corrected chi connectivity index (χ1v) is 8.22. The Morgan fingerprint density at radius 2 is 1.58 bits per heavy atom. The fraction of sp³-hybridized carbons (Fsp3) is 0.238. The molecule has 0 aliphatic rings. The third kappa shape index (κ3) is 4.92. The molecule has 2 aromatic carbocycles. The number of carbonyl (C=O) groups is 2. The lowest BCUT2D eigenvalue weighted by Crippen LogP contribution is -2.08. The van der Waals surface area contributed by atoms with Crippen molar-refractivity contribution in [2.24, 2.45) is 0 Å². The van der Waals surface area contributed by atoms with E-state index in [9.17, 15) is 9.59 Å². The number of carbonyl (C=O) groups excluding carboxylic acids is 2. The zero-order valence-corrected chi connectivity index (χ0v) is 14.0. The summed E-state index contributed by atoms with van der Waals surface area (Å²) >= 11 is 0. The normalized spacial score (nSPS) is 10.2. The number of benzene rings is 2. The Hall–Kier alpha value is -2.68. The van der Waals surface area contributed by atoms with E-state index in [1.807, 2.05) is 12.1 Å². The lowest BCUT2D eigenvalue weighted by molar-refractivity contribution is 0.0734. The van der Waals surface area contributed by atoms with E-state index in [-0.39, 0.29) is 5.78 Å². The van der Waals surface area contributed by atoms with Crippen LogP contribution < -0.4 is 4.74 Å². The third-order valence-corrected chi connectivity index (χ3v) is 3.79. The fourth-order valence-corrected chi connectivity index (χ4v) is 2.36. The van der Waals surface area contributed by atoms with Gasteiger partial charge in [0.25, 0.3) is 0 Å². The molecule has 0 radical (unpaired) electrons. The van der Waals surface area contributed by atoms with Crippen molar-refractivity contribution < 1.29 is 14.3 Å². The van der Waals surface area contributed by atoms with Crippen LogP contribution in [-0.2, 0) is 6.42 Å². The molecule has 0 aliphatic heterocycles. The number of hydrogen-bond donors (Lipinski definition) is 0. The molecule has 0 aliphatic carbocycles. The van der Waals surface area contributed by atoms with Crippen LogP contribution >= 0.6 is 0 Å². The number of hydrogen-bond acceptors (Lipinski definition) is 3. The van der Waals surface area contributed by atoms with Crippen LogP contribution in [0.25, 0.3) is 0 Å². The summed E-state index contributed by atoms with van der Waals surface area (Å²) < 4.78 is 5.33. The summed E-state index contributed by atoms with van der Waals surface area (Å²) in [5.74, 6) is -0.155. The highest BCUT2D eigenvalue weighted by atomic mass is 16.5. The first-order valence-electron chi connectivity index (χ1n) is 8.22. The summed E-state index contributed by atoms with van der Waals surface area (Å²) in [4.78, 5) is 23.6. The molecule has 124 valence electrons. The minimum Gasteiger partial charge on any atom is -0.423 e. The number of esters is 1. The molecule has 0 atom stereocenters. The quantitative estimate of drug-likeness (QED) is 0.226. The Morgan fingerprint density at radius 1 is 0.958 bits per heavy atom. The number of allylic oxidation sites excluding steroid dienone is 1. The van der Waals surface area contributed by atoms with E-state index < -0.39 is 5.97 Å². The second-order valence-corrected chi connectivity index (χ2v) is 5.64. The summed E-state index contributed by atoms with van der Waals surface area (Å²) in [6, 6.07) is 14.0. The van der Waals surface area contributed by atoms with Gasteiger partial charge in [-0.05, 0) is 60.9 Å². The number of aryl methyl sites for hydroxylation is 1. The lowest BCUT2D eigenvalue weighted by atomic mass is 10.1. The van der Waals surface area contributed by atoms with Crippen molar-refractivity contribution in [3.05, 3.63) is 77.9 Å². The first kappa shape index (κ1) is 17.7. The molecule has 0 fully saturated rings. The van der Waals surface area contributed by atoms with Crippen LogP contribution in [0.3, 0.4) is 0 Å². The van der Waals surface area contributed by atoms with Gasteiger partial charge in [-0.25, -0.2) is 4.79 Å². The minimum atomic E-state index is -0.405. The van der Waals surface area contributed by atoms with Crippen molar-refractivity contribution in [3.63, 3.8) is 0 Å². The number of ketones is 1. The Labute approximate surface area is 143 Å². The molecule has 0 saturated heterocycles. The van der Waals surface area contributed by atoms with Gasteiger partial charge in [0.1, 0.15) is 5.75 Å². The maximum Gasteiger partial charge on any atom is 0.343 e. The summed E-state index contributed by atoms with van der Waals surface area (Å²) in [6.07, 6.45) is 5.86. The first-order chi connectivity index (χ1) is 11.6. The van der Waals surface area contributed by atoms with Crippen molar-refractivity contribution in [3.8, 4) is 5.75 Å². The summed E-state index contributed by atoms with van der Waals surface area (Å²) in [5, 5.41) is 0. The highest BCUT2D eigenvalue weighted by Gasteiger charge is 2.09. The number of unbranched alkanes of at least 4 members (excludes halogenated alkanes) is 2. The number of rotatable bonds is 8. The molecule has 0 aromatic heterocycles. The zero-order chi connectivity index (χ0) is 17.4. The van der Waals surface area contributed by atoms with Gasteiger partial charge in [-0.3, -0.25) is 4.79 Å². The van der Waals surface area contributed by atoms with Crippen LogP contribution in [0.2, 0.25) is 0 Å². The Bertz CT molecular complexity index is 697. The number of ether oxygens (including phenoxy) is 1. The molecule has 0 N–H and O–H groups in total. The molecule has 0 unspecified atom stereocenters. The van der Waals surface area contributed by atoms with Crippen LogP contribution in [0.1, 0.15) is 52.5 Å². The second kappa shape index (κ2) is 8.82. The molecule has 0 spiro atoms.